The van der Waals surface area contributed by atoms with Crippen LogP contribution in [0.5, 0.6) is 0 Å². The van der Waals surface area contributed by atoms with E-state index in [1.807, 2.05) is 39.1 Å². The van der Waals surface area contributed by atoms with E-state index in [2.05, 4.69) is 24.1 Å². The van der Waals surface area contributed by atoms with E-state index in [0.29, 0.717) is 29.2 Å². The Kier molecular flexibility index (Phi) is 8.23. The van der Waals surface area contributed by atoms with Crippen molar-refractivity contribution in [3.05, 3.63) is 45.4 Å². The van der Waals surface area contributed by atoms with Crippen molar-refractivity contribution in [2.75, 3.05) is 19.0 Å². The minimum Gasteiger partial charge on any atom is -0.467 e. The van der Waals surface area contributed by atoms with Crippen LogP contribution in [0.4, 0.5) is 9.93 Å². The maximum atomic E-state index is 13.9. The van der Waals surface area contributed by atoms with Gasteiger partial charge in [-0.25, -0.2) is 14.6 Å². The topological polar surface area (TPSA) is 101 Å². The molecular weight excluding hydrogens is 528 g/mol. The second-order valence-electron chi connectivity index (χ2n) is 11.2. The lowest BCUT2D eigenvalue weighted by molar-refractivity contribution is -0.151. The Hall–Kier alpha value is -2.85. The van der Waals surface area contributed by atoms with Crippen molar-refractivity contribution < 1.29 is 23.9 Å². The van der Waals surface area contributed by atoms with Crippen molar-refractivity contribution in [2.24, 2.45) is 5.41 Å². The number of esters is 1. The number of hydrogen-bond acceptors (Lipinski definition) is 8. The number of carbonyl (C=O) groups is 3. The molecule has 1 N–H and O–H groups in total. The van der Waals surface area contributed by atoms with Crippen LogP contribution in [0.1, 0.15) is 63.0 Å². The Balaban J connectivity index is 1.49. The summed E-state index contributed by atoms with van der Waals surface area (Å²) in [4.78, 5) is 48.2. The van der Waals surface area contributed by atoms with Crippen LogP contribution in [-0.4, -0.2) is 64.6 Å². The first-order valence-corrected chi connectivity index (χ1v) is 13.9. The summed E-state index contributed by atoms with van der Waals surface area (Å²) in [5.41, 5.74) is 1.40. The number of nitrogens with one attached hydrogen (secondary N) is 1. The fourth-order valence-corrected chi connectivity index (χ4v) is 5.87. The van der Waals surface area contributed by atoms with E-state index < -0.39 is 35.7 Å². The molecule has 1 aromatic carbocycles. The van der Waals surface area contributed by atoms with Gasteiger partial charge in [0.15, 0.2) is 5.13 Å². The Morgan fingerprint density at radius 3 is 2.55 bits per heavy atom. The summed E-state index contributed by atoms with van der Waals surface area (Å²) < 4.78 is 10.8. The van der Waals surface area contributed by atoms with Crippen molar-refractivity contribution in [3.8, 4) is 0 Å². The van der Waals surface area contributed by atoms with Crippen molar-refractivity contribution in [1.82, 2.24) is 14.8 Å². The van der Waals surface area contributed by atoms with Crippen LogP contribution in [0.25, 0.3) is 0 Å². The maximum Gasteiger partial charge on any atom is 0.410 e. The highest BCUT2D eigenvalue weighted by atomic mass is 35.5. The standard InChI is InChI=1S/C27H35ClN4O5S/c1-15(2)21-11-29-25(38-21)30-22(27(3,4)5)23(33)32-13-17(10-20(32)24(34)36-6)37-26(35)31-12-16-8-7-9-19(28)18(16)14-31/h7-9,11,15,17,20,22H,10,12-14H2,1-6H3,(H,29,30)/t17-,20+,22?/m1/s1. The van der Waals surface area contributed by atoms with Crippen LogP contribution >= 0.6 is 22.9 Å². The number of anilines is 1. The molecule has 2 aliphatic rings. The number of nitrogens with zero attached hydrogens (tertiary/aromatic N) is 3. The van der Waals surface area contributed by atoms with Crippen LogP contribution in [0, 0.1) is 5.41 Å². The van der Waals surface area contributed by atoms with Gasteiger partial charge in [0.1, 0.15) is 18.2 Å². The second-order valence-corrected chi connectivity index (χ2v) is 12.6. The van der Waals surface area contributed by atoms with Crippen molar-refractivity contribution in [3.63, 3.8) is 0 Å². The fourth-order valence-electron chi connectivity index (χ4n) is 4.77. The van der Waals surface area contributed by atoms with E-state index in [1.165, 1.54) is 23.3 Å². The molecule has 38 heavy (non-hydrogen) atoms. The van der Waals surface area contributed by atoms with Gasteiger partial charge in [0.25, 0.3) is 0 Å². The third-order valence-corrected chi connectivity index (χ3v) is 8.53. The average molecular weight is 563 g/mol. The molecule has 1 aromatic heterocycles. The molecule has 11 heteroatoms. The first kappa shape index (κ1) is 28.2. The highest BCUT2D eigenvalue weighted by molar-refractivity contribution is 7.15. The van der Waals surface area contributed by atoms with Crippen LogP contribution in [-0.2, 0) is 32.2 Å². The fraction of sp³-hybridized carbons (Fsp3) is 0.556. The summed E-state index contributed by atoms with van der Waals surface area (Å²) >= 11 is 7.80. The number of carbonyl (C=O) groups excluding carboxylic acids is 3. The van der Waals surface area contributed by atoms with Gasteiger partial charge in [-0.3, -0.25) is 9.69 Å². The van der Waals surface area contributed by atoms with E-state index in [0.717, 1.165) is 16.0 Å². The molecule has 4 rings (SSSR count). The first-order valence-electron chi connectivity index (χ1n) is 12.7. The summed E-state index contributed by atoms with van der Waals surface area (Å²) in [6.07, 6.45) is 0.823. The quantitative estimate of drug-likeness (QED) is 0.492. The van der Waals surface area contributed by atoms with Gasteiger partial charge in [0.2, 0.25) is 5.91 Å². The van der Waals surface area contributed by atoms with Gasteiger partial charge in [0, 0.05) is 29.1 Å². The summed E-state index contributed by atoms with van der Waals surface area (Å²) in [6, 6.07) is 4.07. The molecule has 2 aromatic rings. The third-order valence-electron chi connectivity index (χ3n) is 6.94. The predicted molar refractivity (Wildman–Crippen MR) is 146 cm³/mol. The number of ether oxygens (including phenoxy) is 2. The first-order chi connectivity index (χ1) is 17.9. The third kappa shape index (κ3) is 5.91. The molecule has 9 nitrogen and oxygen atoms in total. The average Bonchev–Trinajstić information content (AvgIpc) is 3.59. The van der Waals surface area contributed by atoms with E-state index in [9.17, 15) is 14.4 Å². The summed E-state index contributed by atoms with van der Waals surface area (Å²) in [7, 11) is 1.29. The number of thiazole rings is 1. The number of halogens is 1. The van der Waals surface area contributed by atoms with Gasteiger partial charge in [-0.1, -0.05) is 58.4 Å². The molecule has 1 saturated heterocycles. The van der Waals surface area contributed by atoms with Crippen LogP contribution < -0.4 is 5.32 Å². The van der Waals surface area contributed by atoms with Gasteiger partial charge in [-0.2, -0.15) is 0 Å². The molecule has 2 aliphatic heterocycles. The lowest BCUT2D eigenvalue weighted by Gasteiger charge is -2.35. The van der Waals surface area contributed by atoms with E-state index in [4.69, 9.17) is 21.1 Å². The molecule has 0 bridgehead atoms. The van der Waals surface area contributed by atoms with Gasteiger partial charge in [0.05, 0.1) is 20.2 Å². The number of fused-ring (bicyclic) bond motifs is 1. The highest BCUT2D eigenvalue weighted by Gasteiger charge is 2.46. The van der Waals surface area contributed by atoms with Crippen molar-refractivity contribution in [2.45, 2.75) is 78.2 Å². The second kappa shape index (κ2) is 11.1. The van der Waals surface area contributed by atoms with Gasteiger partial charge < -0.3 is 19.7 Å². The number of hydrogen-bond donors (Lipinski definition) is 1. The van der Waals surface area contributed by atoms with E-state index >= 15 is 0 Å². The molecule has 0 radical (unpaired) electrons. The monoisotopic (exact) mass is 562 g/mol. The SMILES string of the molecule is COC(=O)[C@@H]1C[C@@H](OC(=O)N2Cc3cccc(Cl)c3C2)CN1C(=O)C(Nc1ncc(C(C)C)s1)C(C)(C)C. The molecule has 3 heterocycles. The zero-order valence-electron chi connectivity index (χ0n) is 22.6. The summed E-state index contributed by atoms with van der Waals surface area (Å²) in [6.45, 7) is 10.9. The maximum absolute atomic E-state index is 13.9. The van der Waals surface area contributed by atoms with Gasteiger partial charge in [-0.05, 0) is 28.5 Å². The van der Waals surface area contributed by atoms with Crippen LogP contribution in [0.2, 0.25) is 5.02 Å². The number of rotatable bonds is 6. The molecule has 3 atom stereocenters. The van der Waals surface area contributed by atoms with Crippen molar-refractivity contribution >= 4 is 46.0 Å². The van der Waals surface area contributed by atoms with Crippen LogP contribution in [0.3, 0.4) is 0 Å². The Morgan fingerprint density at radius 1 is 1.21 bits per heavy atom. The molecule has 0 spiro atoms. The largest absolute Gasteiger partial charge is 0.467 e. The lowest BCUT2D eigenvalue weighted by atomic mass is 9.85. The van der Waals surface area contributed by atoms with Gasteiger partial charge in [-0.15, -0.1) is 11.3 Å². The molecule has 0 aliphatic carbocycles. The normalized spacial score (nSPS) is 19.9. The van der Waals surface area contributed by atoms with E-state index in [1.54, 1.807) is 11.0 Å². The minimum atomic E-state index is -0.857. The lowest BCUT2D eigenvalue weighted by Crippen LogP contribution is -2.52. The molecule has 1 fully saturated rings. The molecule has 2 amide bonds. The molecule has 1 unspecified atom stereocenters. The molecular formula is C27H35ClN4O5S. The van der Waals surface area contributed by atoms with Crippen molar-refractivity contribution in [1.29, 1.82) is 0 Å². The number of likely N-dealkylation sites (tertiary alicyclic amines) is 1. The molecule has 0 saturated carbocycles. The Bertz CT molecular complexity index is 1210. The number of amides is 2. The summed E-state index contributed by atoms with van der Waals surface area (Å²) in [5.74, 6) is -0.488. The zero-order chi connectivity index (χ0) is 27.8. The number of benzene rings is 1. The minimum absolute atomic E-state index is 0.0925. The highest BCUT2D eigenvalue weighted by Crippen LogP contribution is 2.33. The van der Waals surface area contributed by atoms with E-state index in [-0.39, 0.29) is 18.9 Å². The van der Waals surface area contributed by atoms with Crippen LogP contribution in [0.15, 0.2) is 24.4 Å². The number of aromatic nitrogens is 1. The Labute approximate surface area is 232 Å². The zero-order valence-corrected chi connectivity index (χ0v) is 24.2. The Morgan fingerprint density at radius 2 is 1.95 bits per heavy atom. The predicted octanol–water partition coefficient (Wildman–Crippen LogP) is 5.04. The van der Waals surface area contributed by atoms with Gasteiger partial charge >= 0.3 is 12.1 Å². The number of methoxy groups -OCH3 is 1. The summed E-state index contributed by atoms with van der Waals surface area (Å²) in [5, 5.41) is 4.56. The molecule has 206 valence electrons. The smallest absolute Gasteiger partial charge is 0.410 e.